The molecule has 1 aromatic heterocycles. The third-order valence-corrected chi connectivity index (χ3v) is 2.17. The second kappa shape index (κ2) is 5.65. The quantitative estimate of drug-likeness (QED) is 0.767. The fourth-order valence-electron chi connectivity index (χ4n) is 1.28. The van der Waals surface area contributed by atoms with Crippen LogP contribution in [0.1, 0.15) is 30.3 Å². The Morgan fingerprint density at radius 2 is 2.18 bits per heavy atom. The lowest BCUT2D eigenvalue weighted by Crippen LogP contribution is -2.12. The molecule has 3 nitrogen and oxygen atoms in total. The minimum absolute atomic E-state index is 0.0150. The van der Waals surface area contributed by atoms with Crippen molar-refractivity contribution in [2.45, 2.75) is 26.7 Å². The second-order valence-electron chi connectivity index (χ2n) is 3.38. The van der Waals surface area contributed by atoms with Gasteiger partial charge in [-0.1, -0.05) is 0 Å². The Hall–Kier alpha value is -1.59. The molecule has 1 rings (SSSR count). The minimum Gasteiger partial charge on any atom is -0.466 e. The highest BCUT2D eigenvalue weighted by Crippen LogP contribution is 2.21. The molecule has 0 saturated carbocycles. The van der Waals surface area contributed by atoms with Crippen LogP contribution in [0.15, 0.2) is 6.07 Å². The van der Waals surface area contributed by atoms with Gasteiger partial charge in [0, 0.05) is 11.6 Å². The topological polar surface area (TPSA) is 39.2 Å². The Bertz CT molecular complexity index is 421. The maximum Gasteiger partial charge on any atom is 0.311 e. The van der Waals surface area contributed by atoms with Gasteiger partial charge in [0.25, 0.3) is 6.43 Å². The van der Waals surface area contributed by atoms with Crippen LogP contribution in [-0.2, 0) is 16.0 Å². The van der Waals surface area contributed by atoms with Crippen LogP contribution in [0.3, 0.4) is 0 Å². The van der Waals surface area contributed by atoms with E-state index in [2.05, 4.69) is 9.72 Å². The van der Waals surface area contributed by atoms with Crippen molar-refractivity contribution in [3.63, 3.8) is 0 Å². The molecule has 0 radical (unpaired) electrons. The van der Waals surface area contributed by atoms with Gasteiger partial charge in [-0.3, -0.25) is 9.78 Å². The number of carbonyl (C=O) groups is 1. The zero-order valence-corrected chi connectivity index (χ0v) is 9.47. The molecule has 0 fully saturated rings. The van der Waals surface area contributed by atoms with Gasteiger partial charge in [-0.25, -0.2) is 13.2 Å². The predicted molar refractivity (Wildman–Crippen MR) is 54.2 cm³/mol. The number of alkyl halides is 2. The number of hydrogen-bond donors (Lipinski definition) is 0. The molecule has 1 heterocycles. The van der Waals surface area contributed by atoms with E-state index >= 15 is 0 Å². The van der Waals surface area contributed by atoms with E-state index in [4.69, 9.17) is 0 Å². The van der Waals surface area contributed by atoms with Gasteiger partial charge in [-0.05, 0) is 13.8 Å². The highest BCUT2D eigenvalue weighted by molar-refractivity contribution is 5.72. The maximum absolute atomic E-state index is 13.3. The molecule has 1 aromatic rings. The van der Waals surface area contributed by atoms with E-state index in [0.29, 0.717) is 6.07 Å². The van der Waals surface area contributed by atoms with Crippen LogP contribution in [0.25, 0.3) is 0 Å². The second-order valence-corrected chi connectivity index (χ2v) is 3.38. The van der Waals surface area contributed by atoms with Crippen LogP contribution in [-0.4, -0.2) is 17.6 Å². The molecular formula is C11H12F3NO2. The van der Waals surface area contributed by atoms with Crippen molar-refractivity contribution in [1.29, 1.82) is 0 Å². The van der Waals surface area contributed by atoms with Gasteiger partial charge in [0.15, 0.2) is 0 Å². The van der Waals surface area contributed by atoms with Crippen LogP contribution in [0.2, 0.25) is 0 Å². The standard InChI is InChI=1S/C11H12F3NO2/c1-3-17-10(16)5-8-6(2)7(12)4-9(15-8)11(13)14/h4,11H,3,5H2,1-2H3. The van der Waals surface area contributed by atoms with Crippen LogP contribution >= 0.6 is 0 Å². The molecule has 6 heteroatoms. The summed E-state index contributed by atoms with van der Waals surface area (Å²) in [6.07, 6.45) is -3.18. The fourth-order valence-corrected chi connectivity index (χ4v) is 1.28. The third kappa shape index (κ3) is 3.44. The van der Waals surface area contributed by atoms with Gasteiger partial charge >= 0.3 is 5.97 Å². The monoisotopic (exact) mass is 247 g/mol. The normalized spacial score (nSPS) is 10.7. The SMILES string of the molecule is CCOC(=O)Cc1nc(C(F)F)cc(F)c1C. The van der Waals surface area contributed by atoms with E-state index in [-0.39, 0.29) is 24.3 Å². The van der Waals surface area contributed by atoms with Crippen LogP contribution < -0.4 is 0 Å². The fraction of sp³-hybridized carbons (Fsp3) is 0.455. The molecule has 0 bridgehead atoms. The Morgan fingerprint density at radius 3 is 2.71 bits per heavy atom. The van der Waals surface area contributed by atoms with Gasteiger partial charge in [-0.2, -0.15) is 0 Å². The van der Waals surface area contributed by atoms with Gasteiger partial charge in [-0.15, -0.1) is 0 Å². The lowest BCUT2D eigenvalue weighted by molar-refractivity contribution is -0.142. The molecule has 0 spiro atoms. The van der Waals surface area contributed by atoms with E-state index in [1.165, 1.54) is 6.92 Å². The summed E-state index contributed by atoms with van der Waals surface area (Å²) < 4.78 is 42.8. The molecule has 0 aliphatic carbocycles. The molecule has 0 aliphatic heterocycles. The first-order valence-corrected chi connectivity index (χ1v) is 5.05. The first kappa shape index (κ1) is 13.5. The van der Waals surface area contributed by atoms with Crippen molar-refractivity contribution in [1.82, 2.24) is 4.98 Å². The number of halogens is 3. The first-order valence-electron chi connectivity index (χ1n) is 5.05. The van der Waals surface area contributed by atoms with Gasteiger partial charge < -0.3 is 4.74 Å². The summed E-state index contributed by atoms with van der Waals surface area (Å²) in [6.45, 7) is 3.18. The molecular weight excluding hydrogens is 235 g/mol. The van der Waals surface area contributed by atoms with Crippen molar-refractivity contribution >= 4 is 5.97 Å². The highest BCUT2D eigenvalue weighted by Gasteiger charge is 2.17. The zero-order valence-electron chi connectivity index (χ0n) is 9.47. The van der Waals surface area contributed by atoms with Crippen LogP contribution in [0, 0.1) is 12.7 Å². The molecule has 0 N–H and O–H groups in total. The number of aromatic nitrogens is 1. The number of ether oxygens (including phenoxy) is 1. The maximum atomic E-state index is 13.3. The van der Waals surface area contributed by atoms with E-state index in [1.54, 1.807) is 6.92 Å². The summed E-state index contributed by atoms with van der Waals surface area (Å²) in [7, 11) is 0. The molecule has 0 amide bonds. The van der Waals surface area contributed by atoms with E-state index in [9.17, 15) is 18.0 Å². The average molecular weight is 247 g/mol. The number of carbonyl (C=O) groups excluding carboxylic acids is 1. The smallest absolute Gasteiger partial charge is 0.311 e. The lowest BCUT2D eigenvalue weighted by Gasteiger charge is -2.08. The molecule has 94 valence electrons. The summed E-state index contributed by atoms with van der Waals surface area (Å²) in [6, 6.07) is 0.675. The Morgan fingerprint density at radius 1 is 1.53 bits per heavy atom. The van der Waals surface area contributed by atoms with Crippen molar-refractivity contribution in [2.24, 2.45) is 0 Å². The summed E-state index contributed by atoms with van der Waals surface area (Å²) >= 11 is 0. The number of rotatable bonds is 4. The Labute approximate surface area is 96.6 Å². The molecule has 0 unspecified atom stereocenters. The Kier molecular flexibility index (Phi) is 4.48. The van der Waals surface area contributed by atoms with Crippen molar-refractivity contribution < 1.29 is 22.7 Å². The summed E-state index contributed by atoms with van der Waals surface area (Å²) in [5.41, 5.74) is -0.603. The van der Waals surface area contributed by atoms with Crippen LogP contribution in [0.5, 0.6) is 0 Å². The average Bonchev–Trinajstić information content (AvgIpc) is 2.24. The van der Waals surface area contributed by atoms with Crippen molar-refractivity contribution in [3.8, 4) is 0 Å². The first-order chi connectivity index (χ1) is 7.95. The van der Waals surface area contributed by atoms with E-state index in [1.807, 2.05) is 0 Å². The summed E-state index contributed by atoms with van der Waals surface area (Å²) in [5.74, 6) is -1.41. The van der Waals surface area contributed by atoms with Gasteiger partial charge in [0.2, 0.25) is 0 Å². The molecule has 0 atom stereocenters. The summed E-state index contributed by atoms with van der Waals surface area (Å²) in [5, 5.41) is 0. The predicted octanol–water partition coefficient (Wildman–Crippen LogP) is 2.57. The van der Waals surface area contributed by atoms with Crippen LogP contribution in [0.4, 0.5) is 13.2 Å². The number of esters is 1. The summed E-state index contributed by atoms with van der Waals surface area (Å²) in [4.78, 5) is 14.7. The highest BCUT2D eigenvalue weighted by atomic mass is 19.3. The van der Waals surface area contributed by atoms with Gasteiger partial charge in [0.05, 0.1) is 18.7 Å². The lowest BCUT2D eigenvalue weighted by atomic mass is 10.1. The molecule has 17 heavy (non-hydrogen) atoms. The van der Waals surface area contributed by atoms with Gasteiger partial charge in [0.1, 0.15) is 11.5 Å². The molecule has 0 saturated heterocycles. The van der Waals surface area contributed by atoms with E-state index < -0.39 is 23.9 Å². The minimum atomic E-state index is -2.87. The van der Waals surface area contributed by atoms with E-state index in [0.717, 1.165) is 0 Å². The Balaban J connectivity index is 3.01. The number of hydrogen-bond acceptors (Lipinski definition) is 3. The van der Waals surface area contributed by atoms with Crippen molar-refractivity contribution in [2.75, 3.05) is 6.61 Å². The number of pyridine rings is 1. The number of nitrogens with zero attached hydrogens (tertiary/aromatic N) is 1. The zero-order chi connectivity index (χ0) is 13.0. The third-order valence-electron chi connectivity index (χ3n) is 2.17. The van der Waals surface area contributed by atoms with Crippen molar-refractivity contribution in [3.05, 3.63) is 28.8 Å². The largest absolute Gasteiger partial charge is 0.466 e. The molecule has 0 aliphatic rings. The molecule has 0 aromatic carbocycles.